The summed E-state index contributed by atoms with van der Waals surface area (Å²) in [5.74, 6) is -1.84. The van der Waals surface area contributed by atoms with Gasteiger partial charge in [0.2, 0.25) is 5.91 Å². The highest BCUT2D eigenvalue weighted by molar-refractivity contribution is 5.92. The van der Waals surface area contributed by atoms with Gasteiger partial charge in [0.1, 0.15) is 29.1 Å². The molecule has 1 aliphatic heterocycles. The number of H-pyrrole nitrogens is 1. The Morgan fingerprint density at radius 3 is 2.74 bits per heavy atom. The van der Waals surface area contributed by atoms with E-state index in [4.69, 9.17) is 0 Å². The minimum atomic E-state index is -0.936. The SMILES string of the molecule is O=C(C[C@@H]1CCC[C@H](Cc2nc(-c3c[nH]c4ncc(F)cc34)c(F)cc2F)C1)N1CC[C@H](F)C1. The summed E-state index contributed by atoms with van der Waals surface area (Å²) >= 11 is 0. The van der Waals surface area contributed by atoms with Crippen molar-refractivity contribution in [2.24, 2.45) is 11.8 Å². The zero-order chi connectivity index (χ0) is 23.8. The van der Waals surface area contributed by atoms with Gasteiger partial charge in [-0.2, -0.15) is 0 Å². The van der Waals surface area contributed by atoms with E-state index in [1.54, 1.807) is 4.90 Å². The highest BCUT2D eigenvalue weighted by Crippen LogP contribution is 2.35. The van der Waals surface area contributed by atoms with Gasteiger partial charge in [0.15, 0.2) is 5.82 Å². The Labute approximate surface area is 194 Å². The summed E-state index contributed by atoms with van der Waals surface area (Å²) in [5.41, 5.74) is 0.823. The lowest BCUT2D eigenvalue weighted by molar-refractivity contribution is -0.131. The molecule has 3 atom stereocenters. The van der Waals surface area contributed by atoms with Gasteiger partial charge in [-0.3, -0.25) is 4.79 Å². The standard InChI is InChI=1S/C25H26F4N4O/c26-16-4-5-33(13-16)23(34)8-15-3-1-2-14(6-15)7-22-20(28)10-21(29)24(32-22)19-12-31-25-18(19)9-17(27)11-30-25/h9-12,14-16H,1-8,13H2,(H,30,31)/t14-,15+,16-/m0/s1. The minimum absolute atomic E-state index is 0.0145. The Morgan fingerprint density at radius 2 is 1.94 bits per heavy atom. The molecule has 0 unspecified atom stereocenters. The summed E-state index contributed by atoms with van der Waals surface area (Å²) in [6.07, 6.45) is 6.16. The maximum absolute atomic E-state index is 14.7. The zero-order valence-corrected chi connectivity index (χ0v) is 18.7. The van der Waals surface area contributed by atoms with Crippen LogP contribution in [0.4, 0.5) is 17.6 Å². The Bertz CT molecular complexity index is 1210. The van der Waals surface area contributed by atoms with Crippen LogP contribution in [0.15, 0.2) is 24.5 Å². The number of hydrogen-bond acceptors (Lipinski definition) is 3. The lowest BCUT2D eigenvalue weighted by atomic mass is 9.77. The van der Waals surface area contributed by atoms with E-state index in [1.807, 2.05) is 0 Å². The summed E-state index contributed by atoms with van der Waals surface area (Å²) in [5, 5.41) is 0.373. The Balaban J connectivity index is 1.32. The van der Waals surface area contributed by atoms with E-state index in [0.29, 0.717) is 42.4 Å². The number of carbonyl (C=O) groups is 1. The molecule has 1 saturated carbocycles. The summed E-state index contributed by atoms with van der Waals surface area (Å²) in [7, 11) is 0. The van der Waals surface area contributed by atoms with Crippen molar-refractivity contribution >= 4 is 16.9 Å². The zero-order valence-electron chi connectivity index (χ0n) is 18.7. The van der Waals surface area contributed by atoms with Crippen LogP contribution in [-0.4, -0.2) is 45.0 Å². The first kappa shape index (κ1) is 22.8. The number of rotatable bonds is 5. The number of aromatic nitrogens is 3. The predicted octanol–water partition coefficient (Wildman–Crippen LogP) is 5.35. The number of fused-ring (bicyclic) bond motifs is 1. The summed E-state index contributed by atoms with van der Waals surface area (Å²) < 4.78 is 56.5. The second-order valence-corrected chi connectivity index (χ2v) is 9.53. The van der Waals surface area contributed by atoms with Crippen molar-refractivity contribution in [3.63, 3.8) is 0 Å². The van der Waals surface area contributed by atoms with Crippen LogP contribution < -0.4 is 0 Å². The quantitative estimate of drug-likeness (QED) is 0.507. The summed E-state index contributed by atoms with van der Waals surface area (Å²) in [6.45, 7) is 0.645. The molecule has 3 aromatic heterocycles. The minimum Gasteiger partial charge on any atom is -0.345 e. The second-order valence-electron chi connectivity index (χ2n) is 9.53. The monoisotopic (exact) mass is 474 g/mol. The van der Waals surface area contributed by atoms with Gasteiger partial charge < -0.3 is 9.88 Å². The number of pyridine rings is 2. The largest absolute Gasteiger partial charge is 0.345 e. The smallest absolute Gasteiger partial charge is 0.222 e. The topological polar surface area (TPSA) is 61.9 Å². The third kappa shape index (κ3) is 4.65. The summed E-state index contributed by atoms with van der Waals surface area (Å²) in [4.78, 5) is 25.3. The molecule has 0 bridgehead atoms. The van der Waals surface area contributed by atoms with Crippen molar-refractivity contribution in [3.8, 4) is 11.3 Å². The molecular formula is C25H26F4N4O. The van der Waals surface area contributed by atoms with E-state index >= 15 is 0 Å². The van der Waals surface area contributed by atoms with Crippen LogP contribution in [0.5, 0.6) is 0 Å². The van der Waals surface area contributed by atoms with Gasteiger partial charge in [0.05, 0.1) is 18.4 Å². The van der Waals surface area contributed by atoms with Crippen molar-refractivity contribution in [2.45, 2.75) is 51.1 Å². The molecule has 180 valence electrons. The fraction of sp³-hybridized carbons (Fsp3) is 0.480. The molecule has 1 aliphatic carbocycles. The Kier molecular flexibility index (Phi) is 6.27. The average Bonchev–Trinajstić information content (AvgIpc) is 3.42. The highest BCUT2D eigenvalue weighted by atomic mass is 19.1. The van der Waals surface area contributed by atoms with Crippen LogP contribution in [0.3, 0.4) is 0 Å². The van der Waals surface area contributed by atoms with Crippen molar-refractivity contribution < 1.29 is 22.4 Å². The molecule has 34 heavy (non-hydrogen) atoms. The number of aromatic amines is 1. The number of alkyl halides is 1. The Morgan fingerprint density at radius 1 is 1.12 bits per heavy atom. The Hall–Kier alpha value is -2.97. The number of likely N-dealkylation sites (tertiary alicyclic amines) is 1. The van der Waals surface area contributed by atoms with Gasteiger partial charge >= 0.3 is 0 Å². The molecule has 2 fully saturated rings. The lowest BCUT2D eigenvalue weighted by Crippen LogP contribution is -2.31. The fourth-order valence-corrected chi connectivity index (χ4v) is 5.38. The molecule has 2 aliphatic rings. The van der Waals surface area contributed by atoms with Gasteiger partial charge in [0.25, 0.3) is 0 Å². The number of amides is 1. The van der Waals surface area contributed by atoms with E-state index in [2.05, 4.69) is 15.0 Å². The number of nitrogens with zero attached hydrogens (tertiary/aromatic N) is 3. The predicted molar refractivity (Wildman–Crippen MR) is 119 cm³/mol. The number of nitrogens with one attached hydrogen (secondary N) is 1. The molecule has 5 rings (SSSR count). The van der Waals surface area contributed by atoms with Crippen molar-refractivity contribution in [1.82, 2.24) is 19.9 Å². The van der Waals surface area contributed by atoms with E-state index in [-0.39, 0.29) is 35.7 Å². The van der Waals surface area contributed by atoms with Gasteiger partial charge in [-0.1, -0.05) is 12.8 Å². The maximum Gasteiger partial charge on any atom is 0.222 e. The molecule has 9 heteroatoms. The van der Waals surface area contributed by atoms with Gasteiger partial charge in [-0.25, -0.2) is 27.5 Å². The van der Waals surface area contributed by atoms with E-state index in [9.17, 15) is 22.4 Å². The highest BCUT2D eigenvalue weighted by Gasteiger charge is 2.30. The molecule has 1 amide bonds. The second kappa shape index (κ2) is 9.35. The molecule has 5 nitrogen and oxygen atoms in total. The van der Waals surface area contributed by atoms with Crippen LogP contribution in [0.2, 0.25) is 0 Å². The van der Waals surface area contributed by atoms with Crippen molar-refractivity contribution in [1.29, 1.82) is 0 Å². The van der Waals surface area contributed by atoms with Crippen LogP contribution in [0.1, 0.15) is 44.2 Å². The molecule has 4 heterocycles. The normalized spacial score (nSPS) is 23.1. The fourth-order valence-electron chi connectivity index (χ4n) is 5.38. The van der Waals surface area contributed by atoms with Gasteiger partial charge in [0, 0.05) is 36.2 Å². The van der Waals surface area contributed by atoms with Gasteiger partial charge in [-0.15, -0.1) is 0 Å². The molecule has 1 saturated heterocycles. The number of hydrogen-bond donors (Lipinski definition) is 1. The van der Waals surface area contributed by atoms with Crippen molar-refractivity contribution in [3.05, 3.63) is 47.7 Å². The molecule has 0 spiro atoms. The van der Waals surface area contributed by atoms with Crippen molar-refractivity contribution in [2.75, 3.05) is 13.1 Å². The number of carbonyl (C=O) groups excluding carboxylic acids is 1. The van der Waals surface area contributed by atoms with E-state index in [0.717, 1.165) is 37.9 Å². The molecule has 3 aromatic rings. The molecular weight excluding hydrogens is 448 g/mol. The number of halogens is 4. The van der Waals surface area contributed by atoms with Crippen LogP contribution >= 0.6 is 0 Å². The third-order valence-electron chi connectivity index (χ3n) is 7.08. The van der Waals surface area contributed by atoms with Crippen LogP contribution in [0, 0.1) is 29.3 Å². The lowest BCUT2D eigenvalue weighted by Gasteiger charge is -2.30. The maximum atomic E-state index is 14.7. The molecule has 0 radical (unpaired) electrons. The first-order chi connectivity index (χ1) is 16.4. The first-order valence-corrected chi connectivity index (χ1v) is 11.8. The van der Waals surface area contributed by atoms with Crippen LogP contribution in [-0.2, 0) is 11.2 Å². The molecule has 0 aromatic carbocycles. The first-order valence-electron chi connectivity index (χ1n) is 11.8. The molecule has 1 N–H and O–H groups in total. The van der Waals surface area contributed by atoms with E-state index in [1.165, 1.54) is 12.3 Å². The van der Waals surface area contributed by atoms with Gasteiger partial charge in [-0.05, 0) is 43.6 Å². The average molecular weight is 475 g/mol. The van der Waals surface area contributed by atoms with Crippen LogP contribution in [0.25, 0.3) is 22.3 Å². The summed E-state index contributed by atoms with van der Waals surface area (Å²) in [6, 6.07) is 2.07. The van der Waals surface area contributed by atoms with E-state index < -0.39 is 23.6 Å². The third-order valence-corrected chi connectivity index (χ3v) is 7.08.